The van der Waals surface area contributed by atoms with E-state index in [4.69, 9.17) is 12.6 Å². The van der Waals surface area contributed by atoms with Crippen molar-refractivity contribution >= 4 is 18.2 Å². The van der Waals surface area contributed by atoms with Gasteiger partial charge in [0.15, 0.2) is 0 Å². The molecule has 0 radical (unpaired) electrons. The first-order valence-electron chi connectivity index (χ1n) is 6.16. The quantitative estimate of drug-likeness (QED) is 0.774. The van der Waals surface area contributed by atoms with Gasteiger partial charge in [0, 0.05) is 19.7 Å². The van der Waals surface area contributed by atoms with Gasteiger partial charge in [0.2, 0.25) is 0 Å². The Balaban J connectivity index is 2.26. The van der Waals surface area contributed by atoms with Gasteiger partial charge in [-0.2, -0.15) is 12.6 Å². The molecule has 1 aromatic rings. The van der Waals surface area contributed by atoms with Gasteiger partial charge >= 0.3 is 0 Å². The van der Waals surface area contributed by atoms with Crippen LogP contribution in [-0.4, -0.2) is 16.8 Å². The largest absolute Gasteiger partial charge is 0.365 e. The van der Waals surface area contributed by atoms with Crippen molar-refractivity contribution in [3.63, 3.8) is 0 Å². The summed E-state index contributed by atoms with van der Waals surface area (Å²) in [6.07, 6.45) is 3.24. The standard InChI is InChI=1S/C15H21NS/c1-11(2)15(17)9-14(10-16(15)4)13-7-5-12(3)6-8-13/h5-8,10-11,17H,9H2,1-4H3/t15-/m1/s1. The zero-order chi connectivity index (χ0) is 12.6. The van der Waals surface area contributed by atoms with Crippen molar-refractivity contribution in [3.05, 3.63) is 41.6 Å². The third kappa shape index (κ3) is 2.23. The highest BCUT2D eigenvalue weighted by Gasteiger charge is 2.38. The second-order valence-corrected chi connectivity index (χ2v) is 6.12. The normalized spacial score (nSPS) is 24.4. The molecule has 2 rings (SSSR count). The van der Waals surface area contributed by atoms with Crippen LogP contribution in [0.4, 0.5) is 0 Å². The molecule has 17 heavy (non-hydrogen) atoms. The maximum atomic E-state index is 4.87. The van der Waals surface area contributed by atoms with Crippen molar-refractivity contribution in [2.24, 2.45) is 5.92 Å². The Morgan fingerprint density at radius 3 is 2.29 bits per heavy atom. The second-order valence-electron chi connectivity index (χ2n) is 5.34. The molecule has 1 aliphatic rings. The number of aryl methyl sites for hydroxylation is 1. The Morgan fingerprint density at radius 1 is 1.24 bits per heavy atom. The van der Waals surface area contributed by atoms with Crippen molar-refractivity contribution in [2.45, 2.75) is 32.1 Å². The van der Waals surface area contributed by atoms with Crippen LogP contribution >= 0.6 is 12.6 Å². The van der Waals surface area contributed by atoms with Crippen molar-refractivity contribution < 1.29 is 0 Å². The molecule has 0 spiro atoms. The lowest BCUT2D eigenvalue weighted by Crippen LogP contribution is -2.39. The minimum Gasteiger partial charge on any atom is -0.365 e. The molecule has 2 heteroatoms. The van der Waals surface area contributed by atoms with E-state index < -0.39 is 0 Å². The van der Waals surface area contributed by atoms with Crippen LogP contribution in [-0.2, 0) is 0 Å². The van der Waals surface area contributed by atoms with Crippen LogP contribution in [0.3, 0.4) is 0 Å². The molecule has 92 valence electrons. The van der Waals surface area contributed by atoms with E-state index in [2.05, 4.69) is 63.2 Å². The fraction of sp³-hybridized carbons (Fsp3) is 0.467. The van der Waals surface area contributed by atoms with Crippen LogP contribution in [0.1, 0.15) is 31.4 Å². The highest BCUT2D eigenvalue weighted by molar-refractivity contribution is 7.81. The fourth-order valence-electron chi connectivity index (χ4n) is 2.35. The van der Waals surface area contributed by atoms with E-state index in [1.807, 2.05) is 0 Å². The number of benzene rings is 1. The molecule has 0 saturated carbocycles. The third-order valence-corrected chi connectivity index (χ3v) is 4.75. The zero-order valence-electron chi connectivity index (χ0n) is 11.1. The second kappa shape index (κ2) is 4.41. The van der Waals surface area contributed by atoms with Crippen LogP contribution in [0.2, 0.25) is 0 Å². The average Bonchev–Trinajstić information content (AvgIpc) is 2.58. The number of hydrogen-bond donors (Lipinski definition) is 1. The smallest absolute Gasteiger partial charge is 0.0887 e. The Labute approximate surface area is 110 Å². The molecule has 0 bridgehead atoms. The number of rotatable bonds is 2. The molecule has 1 aliphatic heterocycles. The molecule has 1 nitrogen and oxygen atoms in total. The molecule has 1 atom stereocenters. The van der Waals surface area contributed by atoms with Gasteiger partial charge in [-0.25, -0.2) is 0 Å². The lowest BCUT2D eigenvalue weighted by Gasteiger charge is -2.36. The van der Waals surface area contributed by atoms with Gasteiger partial charge in [0.05, 0.1) is 4.87 Å². The average molecular weight is 247 g/mol. The first-order chi connectivity index (χ1) is 7.93. The molecule has 1 aromatic carbocycles. The summed E-state index contributed by atoms with van der Waals surface area (Å²) in [4.78, 5) is 2.20. The van der Waals surface area contributed by atoms with Crippen molar-refractivity contribution in [3.8, 4) is 0 Å². The number of hydrogen-bond acceptors (Lipinski definition) is 2. The molecule has 0 N–H and O–H groups in total. The molecule has 0 saturated heterocycles. The first-order valence-corrected chi connectivity index (χ1v) is 6.61. The van der Waals surface area contributed by atoms with Crippen LogP contribution in [0, 0.1) is 12.8 Å². The topological polar surface area (TPSA) is 3.24 Å². The molecule has 0 amide bonds. The van der Waals surface area contributed by atoms with E-state index >= 15 is 0 Å². The maximum absolute atomic E-state index is 4.87. The lowest BCUT2D eigenvalue weighted by molar-refractivity contribution is 0.247. The molecule has 0 aliphatic carbocycles. The fourth-order valence-corrected chi connectivity index (χ4v) is 2.58. The number of nitrogens with zero attached hydrogens (tertiary/aromatic N) is 1. The van der Waals surface area contributed by atoms with Crippen LogP contribution in [0.5, 0.6) is 0 Å². The van der Waals surface area contributed by atoms with Crippen LogP contribution < -0.4 is 0 Å². The number of thiol groups is 1. The highest BCUT2D eigenvalue weighted by atomic mass is 32.1. The SMILES string of the molecule is Cc1ccc(C2=CN(C)[C@](S)(C(C)C)C2)cc1. The lowest BCUT2D eigenvalue weighted by atomic mass is 9.95. The van der Waals surface area contributed by atoms with Gasteiger partial charge in [-0.1, -0.05) is 43.7 Å². The predicted molar refractivity (Wildman–Crippen MR) is 78.1 cm³/mol. The first kappa shape index (κ1) is 12.6. The van der Waals surface area contributed by atoms with E-state index in [9.17, 15) is 0 Å². The minimum absolute atomic E-state index is 0.0414. The Hall–Kier alpha value is -0.890. The van der Waals surface area contributed by atoms with Gasteiger partial charge in [-0.05, 0) is 24.0 Å². The Morgan fingerprint density at radius 2 is 1.82 bits per heavy atom. The monoisotopic (exact) mass is 247 g/mol. The third-order valence-electron chi connectivity index (χ3n) is 3.76. The minimum atomic E-state index is -0.0414. The zero-order valence-corrected chi connectivity index (χ0v) is 12.0. The summed E-state index contributed by atoms with van der Waals surface area (Å²) in [5.41, 5.74) is 4.01. The summed E-state index contributed by atoms with van der Waals surface area (Å²) in [6, 6.07) is 8.75. The predicted octanol–water partition coefficient (Wildman–Crippen LogP) is 3.95. The van der Waals surface area contributed by atoms with Gasteiger partial charge in [-0.3, -0.25) is 0 Å². The molecule has 0 aromatic heterocycles. The van der Waals surface area contributed by atoms with Gasteiger partial charge in [0.1, 0.15) is 0 Å². The van der Waals surface area contributed by atoms with Crippen LogP contribution in [0.15, 0.2) is 30.5 Å². The van der Waals surface area contributed by atoms with E-state index in [1.54, 1.807) is 0 Å². The summed E-state index contributed by atoms with van der Waals surface area (Å²) >= 11 is 4.87. The molecule has 0 fully saturated rings. The Kier molecular flexibility index (Phi) is 3.26. The van der Waals surface area contributed by atoms with Crippen molar-refractivity contribution in [2.75, 3.05) is 7.05 Å². The van der Waals surface area contributed by atoms with Gasteiger partial charge < -0.3 is 4.90 Å². The van der Waals surface area contributed by atoms with E-state index in [-0.39, 0.29) is 4.87 Å². The summed E-state index contributed by atoms with van der Waals surface area (Å²) < 4.78 is 0. The summed E-state index contributed by atoms with van der Waals surface area (Å²) in [5, 5.41) is 0. The summed E-state index contributed by atoms with van der Waals surface area (Å²) in [7, 11) is 2.12. The summed E-state index contributed by atoms with van der Waals surface area (Å²) in [5.74, 6) is 0.523. The molecule has 1 heterocycles. The molecular formula is C15H21NS. The highest BCUT2D eigenvalue weighted by Crippen LogP contribution is 2.43. The van der Waals surface area contributed by atoms with Crippen molar-refractivity contribution in [1.29, 1.82) is 0 Å². The maximum Gasteiger partial charge on any atom is 0.0887 e. The van der Waals surface area contributed by atoms with Gasteiger partial charge in [-0.15, -0.1) is 0 Å². The summed E-state index contributed by atoms with van der Waals surface area (Å²) in [6.45, 7) is 6.58. The van der Waals surface area contributed by atoms with Crippen molar-refractivity contribution in [1.82, 2.24) is 4.90 Å². The van der Waals surface area contributed by atoms with E-state index in [0.29, 0.717) is 5.92 Å². The molecule has 0 unspecified atom stereocenters. The van der Waals surface area contributed by atoms with Crippen LogP contribution in [0.25, 0.3) is 5.57 Å². The Bertz CT molecular complexity index is 433. The molecular weight excluding hydrogens is 226 g/mol. The van der Waals surface area contributed by atoms with E-state index in [1.165, 1.54) is 16.7 Å². The van der Waals surface area contributed by atoms with E-state index in [0.717, 1.165) is 6.42 Å². The van der Waals surface area contributed by atoms with Gasteiger partial charge in [0.25, 0.3) is 0 Å².